The number of piperazine rings is 1. The number of alkyl halides is 2. The van der Waals surface area contributed by atoms with Gasteiger partial charge in [0.15, 0.2) is 0 Å². The third-order valence-corrected chi connectivity index (χ3v) is 13.6. The maximum absolute atomic E-state index is 16.1. The van der Waals surface area contributed by atoms with Crippen molar-refractivity contribution in [3.05, 3.63) is 12.7 Å². The van der Waals surface area contributed by atoms with E-state index in [1.165, 1.54) is 0 Å². The van der Waals surface area contributed by atoms with Crippen molar-refractivity contribution in [1.82, 2.24) is 36.0 Å². The van der Waals surface area contributed by atoms with Crippen LogP contribution in [0.5, 0.6) is 0 Å². The van der Waals surface area contributed by atoms with E-state index in [9.17, 15) is 9.59 Å². The van der Waals surface area contributed by atoms with Crippen LogP contribution in [0.15, 0.2) is 12.7 Å². The number of nitrogens with one attached hydrogen (secondary N) is 4. The fourth-order valence-corrected chi connectivity index (χ4v) is 11.4. The van der Waals surface area contributed by atoms with Crippen LogP contribution in [0.1, 0.15) is 65.7 Å². The Morgan fingerprint density at radius 1 is 1.15 bits per heavy atom. The highest BCUT2D eigenvalue weighted by Gasteiger charge is 2.57. The van der Waals surface area contributed by atoms with Crippen molar-refractivity contribution in [2.75, 3.05) is 45.3 Å². The third kappa shape index (κ3) is 7.64. The smallest absolute Gasteiger partial charge is 0.320 e. The van der Waals surface area contributed by atoms with Gasteiger partial charge in [0.05, 0.1) is 37.8 Å². The lowest BCUT2D eigenvalue weighted by Crippen LogP contribution is -2.81. The largest absolute Gasteiger partial charge is 0.362 e. The molecule has 6 aliphatic rings. The Labute approximate surface area is 290 Å². The lowest BCUT2D eigenvalue weighted by molar-refractivity contribution is -0.123. The minimum Gasteiger partial charge on any atom is -0.362 e. The fraction of sp³-hybridized carbons (Fsp3) is 0.882. The number of nitrogens with zero attached hydrogens (tertiary/aromatic N) is 3. The number of halogens is 2. The zero-order valence-corrected chi connectivity index (χ0v) is 30.0. The van der Waals surface area contributed by atoms with Crippen molar-refractivity contribution in [1.29, 1.82) is 0 Å². The molecule has 10 nitrogen and oxygen atoms in total. The third-order valence-electron chi connectivity index (χ3n) is 11.6. The van der Waals surface area contributed by atoms with Crippen LogP contribution < -0.4 is 21.3 Å². The molecule has 0 aromatic rings. The molecule has 3 amide bonds. The van der Waals surface area contributed by atoms with Crippen molar-refractivity contribution < 1.29 is 18.7 Å². The maximum Gasteiger partial charge on any atom is 0.320 e. The van der Waals surface area contributed by atoms with E-state index in [-0.39, 0.29) is 82.9 Å². The monoisotopic (exact) mass is 697 g/mol. The molecule has 4 N–H and O–H groups in total. The molecule has 13 heteroatoms. The summed E-state index contributed by atoms with van der Waals surface area (Å²) in [6.45, 7) is 14.6. The highest BCUT2D eigenvalue weighted by Crippen LogP contribution is 2.44. The lowest BCUT2D eigenvalue weighted by atomic mass is 9.74. The molecule has 5 heterocycles. The summed E-state index contributed by atoms with van der Waals surface area (Å²) in [7, 11) is 0. The van der Waals surface area contributed by atoms with Crippen molar-refractivity contribution in [2.45, 2.75) is 125 Å². The number of carbonyl (C=O) groups is 2. The summed E-state index contributed by atoms with van der Waals surface area (Å²) in [5.41, 5.74) is 0. The summed E-state index contributed by atoms with van der Waals surface area (Å²) in [5, 5.41) is 14.3. The lowest BCUT2D eigenvalue weighted by Gasteiger charge is -2.60. The molecular formula is C34H57ClFN7O3S. The van der Waals surface area contributed by atoms with Crippen LogP contribution in [0, 0.1) is 17.8 Å². The first-order valence-corrected chi connectivity index (χ1v) is 19.6. The van der Waals surface area contributed by atoms with Crippen LogP contribution in [0.3, 0.4) is 0 Å². The summed E-state index contributed by atoms with van der Waals surface area (Å²) in [6, 6.07) is -0.656. The van der Waals surface area contributed by atoms with E-state index in [1.807, 2.05) is 16.7 Å². The summed E-state index contributed by atoms with van der Waals surface area (Å²) in [6.07, 6.45) is 5.23. The van der Waals surface area contributed by atoms with Crippen LogP contribution >= 0.6 is 23.4 Å². The second-order valence-corrected chi connectivity index (χ2v) is 16.9. The number of hydrogen-bond acceptors (Lipinski definition) is 8. The Balaban J connectivity index is 1.35. The van der Waals surface area contributed by atoms with Gasteiger partial charge in [-0.15, -0.1) is 18.2 Å². The molecule has 47 heavy (non-hydrogen) atoms. The highest BCUT2D eigenvalue weighted by molar-refractivity contribution is 7.99. The second-order valence-electron chi connectivity index (χ2n) is 15.0. The summed E-state index contributed by atoms with van der Waals surface area (Å²) in [4.78, 5) is 34.7. The highest BCUT2D eigenvalue weighted by atomic mass is 35.5. The summed E-state index contributed by atoms with van der Waals surface area (Å²) in [5.74, 6) is 0.837. The normalized spacial score (nSPS) is 42.5. The average molecular weight is 698 g/mol. The SMILES string of the molecule is C=CCOCN1CCN(C2NC(=O)N3C4NC(C(Cl)CC42)C2C(F)CCCC2SCCCC(=O)NC2CCNC(C(C)C)C23)[C@H](C)C1. The van der Waals surface area contributed by atoms with E-state index in [0.29, 0.717) is 32.6 Å². The molecule has 0 radical (unpaired) electrons. The number of rotatable bonds is 6. The van der Waals surface area contributed by atoms with E-state index in [1.54, 1.807) is 6.08 Å². The molecule has 0 aromatic carbocycles. The number of piperidine rings is 2. The molecule has 1 aliphatic carbocycles. The molecule has 12 atom stereocenters. The standard InChI is InChI=1S/C34H57ClFN7O3S/c1-5-15-46-19-41-13-14-42(21(4)18-41)32-22-17-23(35)30-28-24(36)8-6-9-26(28)47-16-7-10-27(44)38-25-11-12-37-29(20(2)3)31(25)43(33(22)39-30)34(45)40-32/h5,20-26,28-33,37,39H,1,6-19H2,2-4H3,(H,38,44)(H,40,45)/t21-,22?,23?,24?,25?,26?,28?,29?,30?,31?,32?,33?/m1/s1. The van der Waals surface area contributed by atoms with Gasteiger partial charge in [0.2, 0.25) is 5.91 Å². The molecule has 6 rings (SSSR count). The first kappa shape index (κ1) is 35.7. The predicted octanol–water partition coefficient (Wildman–Crippen LogP) is 3.32. The molecule has 0 spiro atoms. The van der Waals surface area contributed by atoms with E-state index < -0.39 is 6.17 Å². The minimum atomic E-state index is -0.946. The van der Waals surface area contributed by atoms with Crippen LogP contribution in [-0.4, -0.2) is 131 Å². The molecule has 5 saturated heterocycles. The van der Waals surface area contributed by atoms with Gasteiger partial charge < -0.3 is 25.6 Å². The molecule has 6 fully saturated rings. The second kappa shape index (κ2) is 15.8. The van der Waals surface area contributed by atoms with Crippen LogP contribution in [0.2, 0.25) is 0 Å². The molecule has 0 aromatic heterocycles. The predicted molar refractivity (Wildman–Crippen MR) is 186 cm³/mol. The average Bonchev–Trinajstić information content (AvgIpc) is 3.03. The van der Waals surface area contributed by atoms with Gasteiger partial charge in [-0.2, -0.15) is 11.8 Å². The van der Waals surface area contributed by atoms with Crippen molar-refractivity contribution in [3.63, 3.8) is 0 Å². The zero-order valence-electron chi connectivity index (χ0n) is 28.4. The quantitative estimate of drug-likeness (QED) is 0.191. The van der Waals surface area contributed by atoms with Crippen LogP contribution in [0.4, 0.5) is 9.18 Å². The first-order chi connectivity index (χ1) is 22.7. The first-order valence-electron chi connectivity index (χ1n) is 18.1. The molecule has 1 saturated carbocycles. The number of ether oxygens (including phenoxy) is 1. The van der Waals surface area contributed by atoms with E-state index in [0.717, 1.165) is 57.6 Å². The van der Waals surface area contributed by atoms with Crippen molar-refractivity contribution >= 4 is 35.3 Å². The fourth-order valence-electron chi connectivity index (χ4n) is 9.46. The zero-order chi connectivity index (χ0) is 33.2. The van der Waals surface area contributed by atoms with Gasteiger partial charge in [0.25, 0.3) is 0 Å². The molecule has 266 valence electrons. The minimum absolute atomic E-state index is 0.0103. The van der Waals surface area contributed by atoms with Gasteiger partial charge in [-0.05, 0) is 63.7 Å². The Morgan fingerprint density at radius 3 is 2.74 bits per heavy atom. The number of hydrogen-bond donors (Lipinski definition) is 4. The Morgan fingerprint density at radius 2 is 1.98 bits per heavy atom. The Kier molecular flexibility index (Phi) is 12.0. The van der Waals surface area contributed by atoms with Gasteiger partial charge in [-0.1, -0.05) is 19.9 Å². The summed E-state index contributed by atoms with van der Waals surface area (Å²) >= 11 is 9.19. The van der Waals surface area contributed by atoms with Gasteiger partial charge in [0, 0.05) is 66.6 Å². The van der Waals surface area contributed by atoms with Gasteiger partial charge in [-0.3, -0.25) is 19.9 Å². The summed E-state index contributed by atoms with van der Waals surface area (Å²) < 4.78 is 21.8. The van der Waals surface area contributed by atoms with E-state index in [2.05, 4.69) is 58.4 Å². The number of fused-ring (bicyclic) bond motifs is 5. The van der Waals surface area contributed by atoms with Gasteiger partial charge >= 0.3 is 6.03 Å². The molecule has 5 aliphatic heterocycles. The number of urea groups is 1. The van der Waals surface area contributed by atoms with Gasteiger partial charge in [0.1, 0.15) is 6.17 Å². The number of amides is 3. The van der Waals surface area contributed by atoms with Crippen LogP contribution in [-0.2, 0) is 9.53 Å². The maximum atomic E-state index is 16.1. The molecule has 2 bridgehead atoms. The molecular weight excluding hydrogens is 641 g/mol. The van der Waals surface area contributed by atoms with E-state index in [4.69, 9.17) is 16.3 Å². The Bertz CT molecular complexity index is 1110. The van der Waals surface area contributed by atoms with E-state index >= 15 is 4.39 Å². The topological polar surface area (TPSA) is 101 Å². The molecule has 11 unspecified atom stereocenters. The Hall–Kier alpha value is -1.15. The number of thioether (sulfide) groups is 1. The van der Waals surface area contributed by atoms with Crippen LogP contribution in [0.25, 0.3) is 0 Å². The van der Waals surface area contributed by atoms with Crippen molar-refractivity contribution in [3.8, 4) is 0 Å². The van der Waals surface area contributed by atoms with Crippen molar-refractivity contribution in [2.24, 2.45) is 17.8 Å². The van der Waals surface area contributed by atoms with Gasteiger partial charge in [-0.25, -0.2) is 9.18 Å². The number of carbonyl (C=O) groups excluding carboxylic acids is 2.